The number of halogens is 1. The Hall–Kier alpha value is -1.82. The molecule has 1 amide bonds. The maximum Gasteiger partial charge on any atom is 0.229 e. The molecule has 2 saturated carbocycles. The number of anilines is 1. The van der Waals surface area contributed by atoms with Crippen molar-refractivity contribution >= 4 is 22.4 Å². The van der Waals surface area contributed by atoms with Crippen LogP contribution in [-0.2, 0) is 4.79 Å². The number of carbonyl (C=O) groups excluding carboxylic acids is 1. The van der Waals surface area contributed by atoms with Crippen molar-refractivity contribution < 1.29 is 9.18 Å². The molecule has 22 heavy (non-hydrogen) atoms. The maximum absolute atomic E-state index is 13.7. The summed E-state index contributed by atoms with van der Waals surface area (Å²) in [6.07, 6.45) is 4.28. The van der Waals surface area contributed by atoms with Gasteiger partial charge in [-0.2, -0.15) is 0 Å². The second-order valence-electron chi connectivity index (χ2n) is 6.03. The molecule has 1 N–H and O–H groups in total. The lowest BCUT2D eigenvalue weighted by atomic mass is 9.86. The number of nitrogens with zero attached hydrogens (tertiary/aromatic N) is 2. The van der Waals surface area contributed by atoms with E-state index in [0.29, 0.717) is 23.0 Å². The number of aromatic nitrogens is 2. The summed E-state index contributed by atoms with van der Waals surface area (Å²) < 4.78 is 13.7. The van der Waals surface area contributed by atoms with E-state index in [9.17, 15) is 9.18 Å². The minimum absolute atomic E-state index is 0.0137. The summed E-state index contributed by atoms with van der Waals surface area (Å²) in [4.78, 5) is 12.2. The minimum Gasteiger partial charge on any atom is -0.300 e. The third-order valence-electron chi connectivity index (χ3n) is 4.56. The van der Waals surface area contributed by atoms with Crippen LogP contribution >= 0.6 is 11.3 Å². The molecule has 2 fully saturated rings. The standard InChI is InChI=1S/C16H16FN3OS/c17-13-7-2-1-6-10(13)11-8-12(11)14(21)18-16-20-19-15(22-16)9-4-3-5-9/h1-2,6-7,9,11-12H,3-5,8H2,(H,18,20,21)/t11-,12+/m0/s1. The van der Waals surface area contributed by atoms with E-state index < -0.39 is 0 Å². The van der Waals surface area contributed by atoms with Gasteiger partial charge < -0.3 is 5.32 Å². The lowest BCUT2D eigenvalue weighted by molar-refractivity contribution is -0.117. The fourth-order valence-corrected chi connectivity index (χ4v) is 3.82. The number of amides is 1. The van der Waals surface area contributed by atoms with E-state index >= 15 is 0 Å². The molecule has 1 aromatic heterocycles. The van der Waals surface area contributed by atoms with Crippen molar-refractivity contribution in [2.75, 3.05) is 5.32 Å². The first-order chi connectivity index (χ1) is 10.7. The van der Waals surface area contributed by atoms with Crippen molar-refractivity contribution in [3.63, 3.8) is 0 Å². The van der Waals surface area contributed by atoms with E-state index in [1.54, 1.807) is 18.2 Å². The molecule has 0 spiro atoms. The summed E-state index contributed by atoms with van der Waals surface area (Å²) in [5.41, 5.74) is 0.634. The Labute approximate surface area is 131 Å². The molecule has 0 radical (unpaired) electrons. The highest BCUT2D eigenvalue weighted by Gasteiger charge is 2.45. The van der Waals surface area contributed by atoms with Gasteiger partial charge in [0.05, 0.1) is 0 Å². The molecule has 1 heterocycles. The molecule has 114 valence electrons. The van der Waals surface area contributed by atoms with Gasteiger partial charge >= 0.3 is 0 Å². The lowest BCUT2D eigenvalue weighted by Crippen LogP contribution is -2.14. The van der Waals surface area contributed by atoms with Gasteiger partial charge in [-0.3, -0.25) is 4.79 Å². The average Bonchev–Trinajstić information content (AvgIpc) is 3.12. The molecular formula is C16H16FN3OS. The van der Waals surface area contributed by atoms with Gasteiger partial charge in [0.15, 0.2) is 0 Å². The predicted molar refractivity (Wildman–Crippen MR) is 82.4 cm³/mol. The summed E-state index contributed by atoms with van der Waals surface area (Å²) in [7, 11) is 0. The van der Waals surface area contributed by atoms with Gasteiger partial charge in [-0.05, 0) is 36.8 Å². The molecule has 6 heteroatoms. The topological polar surface area (TPSA) is 54.9 Å². The van der Waals surface area contributed by atoms with Crippen molar-refractivity contribution in [3.8, 4) is 0 Å². The normalized spacial score (nSPS) is 23.9. The smallest absolute Gasteiger partial charge is 0.229 e. The van der Waals surface area contributed by atoms with Crippen molar-refractivity contribution in [2.45, 2.75) is 37.5 Å². The van der Waals surface area contributed by atoms with Gasteiger partial charge in [0.1, 0.15) is 10.8 Å². The molecule has 2 aliphatic carbocycles. The molecular weight excluding hydrogens is 301 g/mol. The van der Waals surface area contributed by atoms with E-state index in [1.165, 1.54) is 36.7 Å². The Balaban J connectivity index is 1.39. The summed E-state index contributed by atoms with van der Waals surface area (Å²) in [6.45, 7) is 0. The highest BCUT2D eigenvalue weighted by atomic mass is 32.1. The Morgan fingerprint density at radius 2 is 2.09 bits per heavy atom. The molecule has 0 saturated heterocycles. The maximum atomic E-state index is 13.7. The monoisotopic (exact) mass is 317 g/mol. The van der Waals surface area contributed by atoms with Crippen LogP contribution in [0.1, 0.15) is 48.1 Å². The van der Waals surface area contributed by atoms with Crippen LogP contribution in [0, 0.1) is 11.7 Å². The lowest BCUT2D eigenvalue weighted by Gasteiger charge is -2.21. The Bertz CT molecular complexity index is 713. The van der Waals surface area contributed by atoms with E-state index in [0.717, 1.165) is 5.01 Å². The van der Waals surface area contributed by atoms with E-state index in [2.05, 4.69) is 15.5 Å². The van der Waals surface area contributed by atoms with Crippen LogP contribution in [0.3, 0.4) is 0 Å². The fraction of sp³-hybridized carbons (Fsp3) is 0.438. The highest BCUT2D eigenvalue weighted by molar-refractivity contribution is 7.15. The van der Waals surface area contributed by atoms with E-state index in [4.69, 9.17) is 0 Å². The zero-order valence-corrected chi connectivity index (χ0v) is 12.8. The fourth-order valence-electron chi connectivity index (χ4n) is 2.91. The second kappa shape index (κ2) is 5.43. The first-order valence-electron chi connectivity index (χ1n) is 7.61. The molecule has 0 unspecified atom stereocenters. The molecule has 2 atom stereocenters. The van der Waals surface area contributed by atoms with Gasteiger partial charge in [-0.15, -0.1) is 10.2 Å². The van der Waals surface area contributed by atoms with Crippen molar-refractivity contribution in [2.24, 2.45) is 5.92 Å². The first-order valence-corrected chi connectivity index (χ1v) is 8.42. The van der Waals surface area contributed by atoms with E-state index in [-0.39, 0.29) is 23.6 Å². The number of hydrogen-bond donors (Lipinski definition) is 1. The molecule has 0 bridgehead atoms. The van der Waals surface area contributed by atoms with Crippen molar-refractivity contribution in [1.82, 2.24) is 10.2 Å². The quantitative estimate of drug-likeness (QED) is 0.935. The third-order valence-corrected chi connectivity index (χ3v) is 5.56. The summed E-state index contributed by atoms with van der Waals surface area (Å²) in [6, 6.07) is 6.67. The SMILES string of the molecule is O=C(Nc1nnc(C2CCC2)s1)[C@@H]1C[C@H]1c1ccccc1F. The van der Waals surface area contributed by atoms with Crippen LogP contribution in [-0.4, -0.2) is 16.1 Å². The minimum atomic E-state index is -0.231. The molecule has 0 aliphatic heterocycles. The van der Waals surface area contributed by atoms with Crippen LogP contribution in [0.5, 0.6) is 0 Å². The van der Waals surface area contributed by atoms with Crippen LogP contribution in [0.25, 0.3) is 0 Å². The number of hydrogen-bond acceptors (Lipinski definition) is 4. The Morgan fingerprint density at radius 1 is 1.27 bits per heavy atom. The predicted octanol–water partition coefficient (Wildman–Crippen LogP) is 3.69. The number of nitrogens with one attached hydrogen (secondary N) is 1. The first kappa shape index (κ1) is 13.8. The summed E-state index contributed by atoms with van der Waals surface area (Å²) >= 11 is 1.46. The molecule has 2 aromatic rings. The van der Waals surface area contributed by atoms with Crippen molar-refractivity contribution in [1.29, 1.82) is 0 Å². The van der Waals surface area contributed by atoms with Gasteiger partial charge in [-0.1, -0.05) is 36.0 Å². The van der Waals surface area contributed by atoms with Crippen LogP contribution in [0.2, 0.25) is 0 Å². The third kappa shape index (κ3) is 2.52. The van der Waals surface area contributed by atoms with Gasteiger partial charge in [-0.25, -0.2) is 4.39 Å². The van der Waals surface area contributed by atoms with Crippen molar-refractivity contribution in [3.05, 3.63) is 40.7 Å². The number of benzene rings is 1. The van der Waals surface area contributed by atoms with Crippen LogP contribution < -0.4 is 5.32 Å². The average molecular weight is 317 g/mol. The van der Waals surface area contributed by atoms with Crippen LogP contribution in [0.4, 0.5) is 9.52 Å². The van der Waals surface area contributed by atoms with Gasteiger partial charge in [0.25, 0.3) is 0 Å². The van der Waals surface area contributed by atoms with E-state index in [1.807, 2.05) is 0 Å². The molecule has 4 rings (SSSR count). The Kier molecular flexibility index (Phi) is 3.41. The molecule has 1 aromatic carbocycles. The zero-order chi connectivity index (χ0) is 15.1. The van der Waals surface area contributed by atoms with Gasteiger partial charge in [0, 0.05) is 11.8 Å². The van der Waals surface area contributed by atoms with Gasteiger partial charge in [0.2, 0.25) is 11.0 Å². The molecule has 2 aliphatic rings. The summed E-state index contributed by atoms with van der Waals surface area (Å²) in [5.74, 6) is 0.0407. The molecule has 4 nitrogen and oxygen atoms in total. The number of rotatable bonds is 4. The van der Waals surface area contributed by atoms with Crippen LogP contribution in [0.15, 0.2) is 24.3 Å². The largest absolute Gasteiger partial charge is 0.300 e. The second-order valence-corrected chi connectivity index (χ2v) is 7.04. The highest BCUT2D eigenvalue weighted by Crippen LogP contribution is 2.49. The zero-order valence-electron chi connectivity index (χ0n) is 12.0. The number of carbonyl (C=O) groups is 1. The Morgan fingerprint density at radius 3 is 2.82 bits per heavy atom. The summed E-state index contributed by atoms with van der Waals surface area (Å²) in [5, 5.41) is 12.6.